The van der Waals surface area contributed by atoms with Crippen LogP contribution in [-0.2, 0) is 19.1 Å². The zero-order valence-electron chi connectivity index (χ0n) is 21.4. The van der Waals surface area contributed by atoms with Gasteiger partial charge in [0, 0.05) is 52.8 Å². The normalized spacial score (nSPS) is 19.2. The van der Waals surface area contributed by atoms with Crippen molar-refractivity contribution in [1.29, 1.82) is 0 Å². The van der Waals surface area contributed by atoms with Crippen molar-refractivity contribution in [2.45, 2.75) is 45.4 Å². The first-order chi connectivity index (χ1) is 18.3. The number of phenolic OH excluding ortho intramolecular Hbond substituents is 1. The summed E-state index contributed by atoms with van der Waals surface area (Å²) in [6.07, 6.45) is 0.780. The number of Topliss-reactive ketones (excluding diaryl/α,β-unsaturated/α-hetero) is 1. The summed E-state index contributed by atoms with van der Waals surface area (Å²) in [4.78, 5) is 39.2. The summed E-state index contributed by atoms with van der Waals surface area (Å²) in [5, 5.41) is 27.5. The number of dihydropyridines is 1. The molecule has 1 aliphatic heterocycles. The fourth-order valence-corrected chi connectivity index (χ4v) is 5.80. The first-order valence-corrected chi connectivity index (χ1v) is 13.3. The molecule has 0 saturated carbocycles. The number of esters is 1. The van der Waals surface area contributed by atoms with Crippen LogP contribution < -0.4 is 10.1 Å². The zero-order chi connectivity index (χ0) is 27.4. The number of rotatable bonds is 10. The van der Waals surface area contributed by atoms with E-state index in [0.29, 0.717) is 30.0 Å². The second kappa shape index (κ2) is 11.8. The molecule has 2 heterocycles. The fourth-order valence-electron chi connectivity index (χ4n) is 4.97. The van der Waals surface area contributed by atoms with Crippen molar-refractivity contribution in [3.63, 3.8) is 0 Å². The molecule has 0 saturated heterocycles. The molecular formula is C27H30N2O8S. The van der Waals surface area contributed by atoms with Crippen LogP contribution in [0.25, 0.3) is 0 Å². The molecule has 0 fully saturated rings. The van der Waals surface area contributed by atoms with Gasteiger partial charge in [-0.2, -0.15) is 0 Å². The monoisotopic (exact) mass is 542 g/mol. The molecule has 11 heteroatoms. The number of aromatic hydroxyl groups is 1. The third kappa shape index (κ3) is 5.44. The predicted octanol–water partition coefficient (Wildman–Crippen LogP) is 4.70. The van der Waals surface area contributed by atoms with Crippen LogP contribution in [-0.4, -0.2) is 48.2 Å². The summed E-state index contributed by atoms with van der Waals surface area (Å²) in [5.41, 5.74) is 1.40. The Bertz CT molecular complexity index is 1300. The molecule has 0 bridgehead atoms. The van der Waals surface area contributed by atoms with E-state index in [1.54, 1.807) is 25.2 Å². The van der Waals surface area contributed by atoms with Crippen LogP contribution in [0.5, 0.6) is 11.5 Å². The second-order valence-corrected chi connectivity index (χ2v) is 9.92. The SMILES string of the molecule is CCOCCOC(=O)C1=C(C)NC2=C(C(=O)CC(c3cccs3)C2)C1c1cc(OCC)c(O)c([N+](=O)[O-])c1. The van der Waals surface area contributed by atoms with Crippen molar-refractivity contribution in [1.82, 2.24) is 5.32 Å². The van der Waals surface area contributed by atoms with Crippen LogP contribution in [0.3, 0.4) is 0 Å². The molecule has 1 aliphatic carbocycles. The van der Waals surface area contributed by atoms with E-state index in [1.807, 2.05) is 24.4 Å². The molecule has 4 rings (SSSR count). The van der Waals surface area contributed by atoms with Crippen LogP contribution in [0.2, 0.25) is 0 Å². The number of benzene rings is 1. The lowest BCUT2D eigenvalue weighted by molar-refractivity contribution is -0.386. The number of nitrogens with one attached hydrogen (secondary N) is 1. The number of phenols is 1. The van der Waals surface area contributed by atoms with Crippen molar-refractivity contribution in [3.05, 3.63) is 72.7 Å². The Labute approximate surface area is 224 Å². The fraction of sp³-hybridized carbons (Fsp3) is 0.407. The number of allylic oxidation sites excluding steroid dienone is 3. The van der Waals surface area contributed by atoms with E-state index >= 15 is 0 Å². The highest BCUT2D eigenvalue weighted by Gasteiger charge is 2.42. The molecule has 38 heavy (non-hydrogen) atoms. The summed E-state index contributed by atoms with van der Waals surface area (Å²) < 4.78 is 16.2. The maximum atomic E-state index is 13.7. The van der Waals surface area contributed by atoms with Gasteiger partial charge in [0.1, 0.15) is 6.61 Å². The molecule has 2 aromatic rings. The van der Waals surface area contributed by atoms with Gasteiger partial charge < -0.3 is 24.6 Å². The molecule has 1 aromatic heterocycles. The van der Waals surface area contributed by atoms with Crippen molar-refractivity contribution < 1.29 is 33.8 Å². The van der Waals surface area contributed by atoms with Gasteiger partial charge in [-0.25, -0.2) is 4.79 Å². The van der Waals surface area contributed by atoms with Gasteiger partial charge in [0.2, 0.25) is 5.75 Å². The first-order valence-electron chi connectivity index (χ1n) is 12.4. The van der Waals surface area contributed by atoms with Crippen LogP contribution >= 0.6 is 11.3 Å². The third-order valence-electron chi connectivity index (χ3n) is 6.57. The lowest BCUT2D eigenvalue weighted by Gasteiger charge is -2.36. The van der Waals surface area contributed by atoms with E-state index in [0.717, 1.165) is 4.88 Å². The average molecular weight is 543 g/mol. The summed E-state index contributed by atoms with van der Waals surface area (Å²) in [7, 11) is 0. The second-order valence-electron chi connectivity index (χ2n) is 8.94. The van der Waals surface area contributed by atoms with Crippen LogP contribution in [0.4, 0.5) is 5.69 Å². The number of nitrogens with zero attached hydrogens (tertiary/aromatic N) is 1. The van der Waals surface area contributed by atoms with Gasteiger partial charge in [0.15, 0.2) is 11.5 Å². The number of hydrogen-bond donors (Lipinski definition) is 2. The molecule has 10 nitrogen and oxygen atoms in total. The largest absolute Gasteiger partial charge is 0.500 e. The number of ether oxygens (including phenoxy) is 3. The van der Waals surface area contributed by atoms with Crippen molar-refractivity contribution in [3.8, 4) is 11.5 Å². The topological polar surface area (TPSA) is 137 Å². The summed E-state index contributed by atoms with van der Waals surface area (Å²) in [6.45, 7) is 6.07. The standard InChI is InChI=1S/C27H30N2O8S/c1-4-35-8-9-37-27(32)23-15(3)28-18-11-16(22-7-6-10-38-22)13-20(30)25(18)24(23)17-12-19(29(33)34)26(31)21(14-17)36-5-2/h6-7,10,12,14,16,24,28,31H,4-5,8-9,11,13H2,1-3H3. The summed E-state index contributed by atoms with van der Waals surface area (Å²) in [5.74, 6) is -2.50. The van der Waals surface area contributed by atoms with Crippen molar-refractivity contribution in [2.24, 2.45) is 0 Å². The Morgan fingerprint density at radius 1 is 1.24 bits per heavy atom. The number of thiophene rings is 1. The van der Waals surface area contributed by atoms with Gasteiger partial charge >= 0.3 is 11.7 Å². The lowest BCUT2D eigenvalue weighted by atomic mass is 9.72. The molecular weight excluding hydrogens is 512 g/mol. The predicted molar refractivity (Wildman–Crippen MR) is 140 cm³/mol. The number of ketones is 1. The quantitative estimate of drug-likeness (QED) is 0.189. The number of nitro benzene ring substituents is 1. The lowest BCUT2D eigenvalue weighted by Crippen LogP contribution is -2.36. The number of nitro groups is 1. The molecule has 1 aromatic carbocycles. The van der Waals surface area contributed by atoms with E-state index in [-0.39, 0.29) is 54.8 Å². The number of carbonyl (C=O) groups excluding carboxylic acids is 2. The molecule has 0 radical (unpaired) electrons. The molecule has 2 N–H and O–H groups in total. The van der Waals surface area contributed by atoms with Crippen LogP contribution in [0.15, 0.2) is 52.2 Å². The first kappa shape index (κ1) is 27.3. The highest BCUT2D eigenvalue weighted by Crippen LogP contribution is 2.49. The van der Waals surface area contributed by atoms with Crippen LogP contribution in [0, 0.1) is 10.1 Å². The van der Waals surface area contributed by atoms with Crippen LogP contribution in [0.1, 0.15) is 55.9 Å². The van der Waals surface area contributed by atoms with E-state index in [4.69, 9.17) is 14.2 Å². The highest BCUT2D eigenvalue weighted by atomic mass is 32.1. The van der Waals surface area contributed by atoms with Gasteiger partial charge in [-0.15, -0.1) is 11.3 Å². The Hall–Kier alpha value is -3.70. The van der Waals surface area contributed by atoms with Crippen molar-refractivity contribution >= 4 is 28.8 Å². The number of carbonyl (C=O) groups is 2. The number of hydrogen-bond acceptors (Lipinski definition) is 10. The Balaban J connectivity index is 1.84. The molecule has 0 amide bonds. The minimum absolute atomic E-state index is 0.0103. The smallest absolute Gasteiger partial charge is 0.336 e. The zero-order valence-corrected chi connectivity index (χ0v) is 22.3. The van der Waals surface area contributed by atoms with Gasteiger partial charge in [0.25, 0.3) is 0 Å². The van der Waals surface area contributed by atoms with Crippen molar-refractivity contribution in [2.75, 3.05) is 26.4 Å². The van der Waals surface area contributed by atoms with E-state index in [1.165, 1.54) is 12.1 Å². The Kier molecular flexibility index (Phi) is 8.48. The van der Waals surface area contributed by atoms with E-state index < -0.39 is 28.2 Å². The molecule has 2 atom stereocenters. The molecule has 2 aliphatic rings. The minimum atomic E-state index is -0.943. The van der Waals surface area contributed by atoms with Gasteiger partial charge in [-0.3, -0.25) is 14.9 Å². The van der Waals surface area contributed by atoms with Gasteiger partial charge in [0.05, 0.1) is 23.7 Å². The Morgan fingerprint density at radius 2 is 2.03 bits per heavy atom. The molecule has 202 valence electrons. The average Bonchev–Trinajstić information content (AvgIpc) is 3.42. The maximum Gasteiger partial charge on any atom is 0.336 e. The molecule has 0 spiro atoms. The summed E-state index contributed by atoms with van der Waals surface area (Å²) >= 11 is 1.58. The van der Waals surface area contributed by atoms with Gasteiger partial charge in [-0.1, -0.05) is 6.07 Å². The Morgan fingerprint density at radius 3 is 2.68 bits per heavy atom. The molecule has 2 unspecified atom stereocenters. The maximum absolute atomic E-state index is 13.7. The van der Waals surface area contributed by atoms with E-state index in [2.05, 4.69) is 5.32 Å². The summed E-state index contributed by atoms with van der Waals surface area (Å²) in [6, 6.07) is 6.58. The highest BCUT2D eigenvalue weighted by molar-refractivity contribution is 7.10. The minimum Gasteiger partial charge on any atom is -0.500 e. The van der Waals surface area contributed by atoms with Gasteiger partial charge in [-0.05, 0) is 50.3 Å². The van der Waals surface area contributed by atoms with E-state index in [9.17, 15) is 24.8 Å². The third-order valence-corrected chi connectivity index (χ3v) is 7.60.